The molecular formula is C10H19NO5S. The van der Waals surface area contributed by atoms with Gasteiger partial charge in [-0.05, 0) is 33.6 Å². The summed E-state index contributed by atoms with van der Waals surface area (Å²) >= 11 is 0. The molecule has 0 aromatic carbocycles. The SMILES string of the molecule is CC(C)(C)OC(=O)N1CCC(S(=O)(=O)O)CC1. The summed E-state index contributed by atoms with van der Waals surface area (Å²) in [7, 11) is -3.99. The standard InChI is InChI=1S/C10H19NO5S/c1-10(2,3)16-9(12)11-6-4-8(5-7-11)17(13,14)15/h8H,4-7H2,1-3H3,(H,13,14,15). The number of carbonyl (C=O) groups is 1. The molecule has 1 saturated heterocycles. The van der Waals surface area contributed by atoms with Gasteiger partial charge in [0.15, 0.2) is 0 Å². The lowest BCUT2D eigenvalue weighted by Gasteiger charge is -2.32. The van der Waals surface area contributed by atoms with E-state index in [4.69, 9.17) is 9.29 Å². The summed E-state index contributed by atoms with van der Waals surface area (Å²) < 4.78 is 35.9. The average Bonchev–Trinajstić information content (AvgIpc) is 2.14. The predicted octanol–water partition coefficient (Wildman–Crippen LogP) is 1.27. The second-order valence-corrected chi connectivity index (χ2v) is 6.88. The van der Waals surface area contributed by atoms with Crippen molar-refractivity contribution in [3.63, 3.8) is 0 Å². The van der Waals surface area contributed by atoms with Gasteiger partial charge in [-0.25, -0.2) is 4.79 Å². The number of ether oxygens (including phenoxy) is 1. The van der Waals surface area contributed by atoms with Gasteiger partial charge in [0.1, 0.15) is 5.60 Å². The molecule has 0 spiro atoms. The molecule has 0 unspecified atom stereocenters. The Balaban J connectivity index is 2.50. The number of likely N-dealkylation sites (tertiary alicyclic amines) is 1. The highest BCUT2D eigenvalue weighted by molar-refractivity contribution is 7.86. The zero-order chi connectivity index (χ0) is 13.3. The number of carbonyl (C=O) groups excluding carboxylic acids is 1. The molecule has 100 valence electrons. The van der Waals surface area contributed by atoms with Gasteiger partial charge in [0.2, 0.25) is 0 Å². The Hall–Kier alpha value is -0.820. The van der Waals surface area contributed by atoms with Crippen LogP contribution in [-0.2, 0) is 14.9 Å². The Morgan fingerprint density at radius 1 is 1.29 bits per heavy atom. The van der Waals surface area contributed by atoms with Gasteiger partial charge < -0.3 is 9.64 Å². The molecule has 0 aromatic heterocycles. The van der Waals surface area contributed by atoms with Crippen LogP contribution in [0.25, 0.3) is 0 Å². The molecule has 0 radical (unpaired) electrons. The molecule has 0 atom stereocenters. The van der Waals surface area contributed by atoms with Crippen LogP contribution in [0.2, 0.25) is 0 Å². The van der Waals surface area contributed by atoms with Crippen LogP contribution in [0.5, 0.6) is 0 Å². The van der Waals surface area contributed by atoms with Crippen LogP contribution in [-0.4, -0.2) is 47.9 Å². The van der Waals surface area contributed by atoms with E-state index < -0.39 is 27.1 Å². The Bertz CT molecular complexity index is 376. The molecule has 17 heavy (non-hydrogen) atoms. The van der Waals surface area contributed by atoms with E-state index in [0.717, 1.165) is 0 Å². The van der Waals surface area contributed by atoms with E-state index in [1.807, 2.05) is 0 Å². The lowest BCUT2D eigenvalue weighted by molar-refractivity contribution is 0.0216. The maximum atomic E-state index is 11.7. The van der Waals surface area contributed by atoms with Gasteiger partial charge >= 0.3 is 6.09 Å². The largest absolute Gasteiger partial charge is 0.444 e. The molecule has 1 amide bonds. The molecule has 1 fully saturated rings. The van der Waals surface area contributed by atoms with Crippen molar-refractivity contribution in [1.82, 2.24) is 4.90 Å². The third-order valence-corrected chi connectivity index (χ3v) is 3.83. The van der Waals surface area contributed by atoms with E-state index in [-0.39, 0.29) is 12.8 Å². The predicted molar refractivity (Wildman–Crippen MR) is 62.4 cm³/mol. The van der Waals surface area contributed by atoms with Crippen molar-refractivity contribution < 1.29 is 22.5 Å². The van der Waals surface area contributed by atoms with E-state index in [0.29, 0.717) is 13.1 Å². The third kappa shape index (κ3) is 4.51. The number of piperidine rings is 1. The summed E-state index contributed by atoms with van der Waals surface area (Å²) in [6.07, 6.45) is 0.0576. The molecule has 0 saturated carbocycles. The van der Waals surface area contributed by atoms with Crippen LogP contribution in [0.15, 0.2) is 0 Å². The van der Waals surface area contributed by atoms with Crippen molar-refractivity contribution in [3.05, 3.63) is 0 Å². The second kappa shape index (κ2) is 4.81. The van der Waals surface area contributed by atoms with Gasteiger partial charge in [-0.2, -0.15) is 8.42 Å². The van der Waals surface area contributed by atoms with Crippen molar-refractivity contribution in [2.24, 2.45) is 0 Å². The molecule has 0 aromatic rings. The zero-order valence-electron chi connectivity index (χ0n) is 10.3. The molecule has 1 aliphatic rings. The number of nitrogens with zero attached hydrogens (tertiary/aromatic N) is 1. The van der Waals surface area contributed by atoms with E-state index in [1.54, 1.807) is 20.8 Å². The van der Waals surface area contributed by atoms with Gasteiger partial charge in [0.25, 0.3) is 10.1 Å². The Morgan fingerprint density at radius 3 is 2.12 bits per heavy atom. The Morgan fingerprint density at radius 2 is 1.76 bits per heavy atom. The maximum absolute atomic E-state index is 11.7. The monoisotopic (exact) mass is 265 g/mol. The van der Waals surface area contributed by atoms with Gasteiger partial charge in [-0.15, -0.1) is 0 Å². The lowest BCUT2D eigenvalue weighted by atomic mass is 10.1. The van der Waals surface area contributed by atoms with Crippen molar-refractivity contribution in [1.29, 1.82) is 0 Å². The third-order valence-electron chi connectivity index (χ3n) is 2.51. The van der Waals surface area contributed by atoms with E-state index in [9.17, 15) is 13.2 Å². The van der Waals surface area contributed by atoms with Gasteiger partial charge in [-0.3, -0.25) is 4.55 Å². The minimum Gasteiger partial charge on any atom is -0.444 e. The van der Waals surface area contributed by atoms with Gasteiger partial charge in [-0.1, -0.05) is 0 Å². The highest BCUT2D eigenvalue weighted by Gasteiger charge is 2.31. The van der Waals surface area contributed by atoms with Crippen molar-refractivity contribution >= 4 is 16.2 Å². The number of rotatable bonds is 1. The second-order valence-electron chi connectivity index (χ2n) is 5.18. The van der Waals surface area contributed by atoms with E-state index >= 15 is 0 Å². The van der Waals surface area contributed by atoms with Crippen LogP contribution >= 0.6 is 0 Å². The van der Waals surface area contributed by atoms with E-state index in [1.165, 1.54) is 4.90 Å². The first-order valence-corrected chi connectivity index (χ1v) is 7.04. The fourth-order valence-electron chi connectivity index (χ4n) is 1.66. The van der Waals surface area contributed by atoms with Crippen LogP contribution in [0.1, 0.15) is 33.6 Å². The molecule has 1 aliphatic heterocycles. The van der Waals surface area contributed by atoms with Crippen LogP contribution in [0, 0.1) is 0 Å². The van der Waals surface area contributed by atoms with Crippen LogP contribution < -0.4 is 0 Å². The Labute approximate surface area is 102 Å². The summed E-state index contributed by atoms with van der Waals surface area (Å²) in [5.41, 5.74) is -0.559. The number of hydrogen-bond acceptors (Lipinski definition) is 4. The fourth-order valence-corrected chi connectivity index (χ4v) is 2.47. The minimum atomic E-state index is -3.99. The smallest absolute Gasteiger partial charge is 0.410 e. The summed E-state index contributed by atoms with van der Waals surface area (Å²) in [6, 6.07) is 0. The molecule has 6 nitrogen and oxygen atoms in total. The molecule has 1 N–H and O–H groups in total. The average molecular weight is 265 g/mol. The summed E-state index contributed by atoms with van der Waals surface area (Å²) in [5.74, 6) is 0. The van der Waals surface area contributed by atoms with Gasteiger partial charge in [0, 0.05) is 13.1 Å². The zero-order valence-corrected chi connectivity index (χ0v) is 11.2. The summed E-state index contributed by atoms with van der Waals surface area (Å²) in [5, 5.41) is -0.763. The fraction of sp³-hybridized carbons (Fsp3) is 0.900. The van der Waals surface area contributed by atoms with Crippen molar-refractivity contribution in [2.45, 2.75) is 44.5 Å². The number of amides is 1. The lowest BCUT2D eigenvalue weighted by Crippen LogP contribution is -2.44. The highest BCUT2D eigenvalue weighted by atomic mass is 32.2. The molecule has 1 rings (SSSR count). The normalized spacial score (nSPS) is 19.2. The summed E-state index contributed by atoms with van der Waals surface area (Å²) in [4.78, 5) is 13.1. The first-order valence-electron chi connectivity index (χ1n) is 5.54. The van der Waals surface area contributed by atoms with Gasteiger partial charge in [0.05, 0.1) is 5.25 Å². The minimum absolute atomic E-state index is 0.248. The first kappa shape index (κ1) is 14.2. The topological polar surface area (TPSA) is 83.9 Å². The number of hydrogen-bond donors (Lipinski definition) is 1. The van der Waals surface area contributed by atoms with Crippen molar-refractivity contribution in [2.75, 3.05) is 13.1 Å². The summed E-state index contributed by atoms with van der Waals surface area (Å²) in [6.45, 7) is 5.90. The molecule has 0 bridgehead atoms. The molecular weight excluding hydrogens is 246 g/mol. The van der Waals surface area contributed by atoms with Crippen LogP contribution in [0.4, 0.5) is 4.79 Å². The first-order chi connectivity index (χ1) is 7.59. The molecule has 7 heteroatoms. The highest BCUT2D eigenvalue weighted by Crippen LogP contribution is 2.19. The molecule has 0 aliphatic carbocycles. The van der Waals surface area contributed by atoms with Crippen molar-refractivity contribution in [3.8, 4) is 0 Å². The quantitative estimate of drug-likeness (QED) is 0.722. The van der Waals surface area contributed by atoms with E-state index in [2.05, 4.69) is 0 Å². The Kier molecular flexibility index (Phi) is 4.03. The molecule has 1 heterocycles. The maximum Gasteiger partial charge on any atom is 0.410 e. The van der Waals surface area contributed by atoms with Crippen LogP contribution in [0.3, 0.4) is 0 Å².